The first kappa shape index (κ1) is 18.9. The number of nitrogens with zero attached hydrogens (tertiary/aromatic N) is 3. The third-order valence-corrected chi connectivity index (χ3v) is 4.92. The monoisotopic (exact) mass is 398 g/mol. The van der Waals surface area contributed by atoms with E-state index >= 15 is 0 Å². The Morgan fingerprint density at radius 2 is 2.03 bits per heavy atom. The summed E-state index contributed by atoms with van der Waals surface area (Å²) in [6.07, 6.45) is 4.90. The zero-order chi connectivity index (χ0) is 20.4. The van der Waals surface area contributed by atoms with E-state index in [1.165, 1.54) is 24.4 Å². The second kappa shape index (κ2) is 7.86. The zero-order valence-electron chi connectivity index (χ0n) is 15.5. The number of carbonyl (C=O) groups is 1. The Morgan fingerprint density at radius 1 is 1.24 bits per heavy atom. The molecule has 0 unspecified atom stereocenters. The molecule has 9 heteroatoms. The van der Waals surface area contributed by atoms with Crippen molar-refractivity contribution in [3.8, 4) is 0 Å². The van der Waals surface area contributed by atoms with Crippen LogP contribution in [0, 0.1) is 5.82 Å². The van der Waals surface area contributed by atoms with Crippen molar-refractivity contribution >= 4 is 5.91 Å². The van der Waals surface area contributed by atoms with Crippen LogP contribution in [0.2, 0.25) is 0 Å². The molecule has 2 aromatic heterocycles. The van der Waals surface area contributed by atoms with E-state index in [2.05, 4.69) is 9.97 Å². The summed E-state index contributed by atoms with van der Waals surface area (Å²) in [6.45, 7) is 0.368. The number of H-pyrrole nitrogens is 1. The van der Waals surface area contributed by atoms with E-state index < -0.39 is 11.2 Å². The minimum absolute atomic E-state index is 0.171. The molecule has 0 bridgehead atoms. The molecule has 1 N–H and O–H groups in total. The van der Waals surface area contributed by atoms with Gasteiger partial charge in [-0.25, -0.2) is 14.2 Å². The Balaban J connectivity index is 1.47. The van der Waals surface area contributed by atoms with Crippen LogP contribution in [0.15, 0.2) is 56.7 Å². The van der Waals surface area contributed by atoms with Crippen molar-refractivity contribution in [3.63, 3.8) is 0 Å². The van der Waals surface area contributed by atoms with Gasteiger partial charge in [-0.1, -0.05) is 12.1 Å². The topological polar surface area (TPSA) is 101 Å². The van der Waals surface area contributed by atoms with E-state index in [0.717, 1.165) is 16.6 Å². The van der Waals surface area contributed by atoms with Gasteiger partial charge in [-0.3, -0.25) is 19.1 Å². The highest BCUT2D eigenvalue weighted by atomic mass is 19.1. The minimum atomic E-state index is -0.626. The molecular weight excluding hydrogens is 379 g/mol. The smallest absolute Gasteiger partial charge is 0.328 e. The number of aromatic nitrogens is 3. The lowest BCUT2D eigenvalue weighted by atomic mass is 10.1. The van der Waals surface area contributed by atoms with Gasteiger partial charge >= 0.3 is 5.69 Å². The van der Waals surface area contributed by atoms with Crippen molar-refractivity contribution in [1.29, 1.82) is 0 Å². The molecule has 0 radical (unpaired) electrons. The van der Waals surface area contributed by atoms with E-state index in [1.54, 1.807) is 23.2 Å². The van der Waals surface area contributed by atoms with Crippen LogP contribution >= 0.6 is 0 Å². The zero-order valence-corrected chi connectivity index (χ0v) is 15.5. The fourth-order valence-corrected chi connectivity index (χ4v) is 3.49. The van der Waals surface area contributed by atoms with Crippen molar-refractivity contribution in [3.05, 3.63) is 86.6 Å². The van der Waals surface area contributed by atoms with E-state index in [9.17, 15) is 18.8 Å². The highest BCUT2D eigenvalue weighted by molar-refractivity contribution is 5.76. The van der Waals surface area contributed by atoms with Crippen LogP contribution < -0.4 is 11.2 Å². The molecule has 1 fully saturated rings. The Labute approximate surface area is 164 Å². The normalized spacial score (nSPS) is 16.3. The molecule has 0 spiro atoms. The number of amides is 1. The van der Waals surface area contributed by atoms with Gasteiger partial charge in [0.2, 0.25) is 11.8 Å². The van der Waals surface area contributed by atoms with Crippen LogP contribution in [0.25, 0.3) is 0 Å². The summed E-state index contributed by atoms with van der Waals surface area (Å²) in [5.41, 5.74) is -0.239. The van der Waals surface area contributed by atoms with Crippen molar-refractivity contribution in [2.24, 2.45) is 0 Å². The van der Waals surface area contributed by atoms with Crippen LogP contribution in [0.1, 0.15) is 36.1 Å². The van der Waals surface area contributed by atoms with E-state index in [0.29, 0.717) is 31.0 Å². The molecule has 3 aromatic rings. The summed E-state index contributed by atoms with van der Waals surface area (Å²) in [6, 6.07) is 7.05. The average Bonchev–Trinajstić information content (AvgIpc) is 3.35. The summed E-state index contributed by atoms with van der Waals surface area (Å²) < 4.78 is 20.1. The number of nitrogens with one attached hydrogen (secondary N) is 1. The third-order valence-electron chi connectivity index (χ3n) is 4.92. The molecule has 0 aliphatic carbocycles. The number of benzene rings is 1. The van der Waals surface area contributed by atoms with Gasteiger partial charge in [0.1, 0.15) is 24.2 Å². The first-order valence-corrected chi connectivity index (χ1v) is 9.28. The molecule has 8 nitrogen and oxygen atoms in total. The molecule has 4 rings (SSSR count). The van der Waals surface area contributed by atoms with Gasteiger partial charge in [-0.05, 0) is 30.5 Å². The Hall–Kier alpha value is -3.49. The second-order valence-corrected chi connectivity index (χ2v) is 6.95. The van der Waals surface area contributed by atoms with Crippen molar-refractivity contribution < 1.29 is 13.6 Å². The molecule has 1 amide bonds. The number of rotatable bonds is 5. The highest BCUT2D eigenvalue weighted by Crippen LogP contribution is 2.32. The first-order chi connectivity index (χ1) is 14.0. The van der Waals surface area contributed by atoms with Gasteiger partial charge in [-0.2, -0.15) is 0 Å². The summed E-state index contributed by atoms with van der Waals surface area (Å²) in [7, 11) is 0. The molecule has 1 aliphatic rings. The molecule has 0 saturated carbocycles. The summed E-state index contributed by atoms with van der Waals surface area (Å²) in [5, 5.41) is 0. The molecule has 29 heavy (non-hydrogen) atoms. The SMILES string of the molecule is O=C(Cn1ccc(=O)[nH]c1=O)N1CCC[C@@H]1c1ncc(Cc2ccc(F)cc2)o1. The van der Waals surface area contributed by atoms with Gasteiger partial charge in [0.05, 0.1) is 6.20 Å². The van der Waals surface area contributed by atoms with Crippen molar-refractivity contribution in [2.75, 3.05) is 6.54 Å². The fraction of sp³-hybridized carbons (Fsp3) is 0.300. The molecular formula is C20H19FN4O4. The number of likely N-dealkylation sites (tertiary alicyclic amines) is 1. The molecule has 150 valence electrons. The maximum Gasteiger partial charge on any atom is 0.328 e. The second-order valence-electron chi connectivity index (χ2n) is 6.95. The number of aromatic amines is 1. The maximum atomic E-state index is 13.0. The predicted octanol–water partition coefficient (Wildman–Crippen LogP) is 1.62. The highest BCUT2D eigenvalue weighted by Gasteiger charge is 2.33. The van der Waals surface area contributed by atoms with E-state index in [-0.39, 0.29) is 24.3 Å². The minimum Gasteiger partial charge on any atom is -0.443 e. The van der Waals surface area contributed by atoms with Gasteiger partial charge in [0, 0.05) is 25.2 Å². The molecule has 1 saturated heterocycles. The standard InChI is InChI=1S/C20H19FN4O4/c21-14-5-3-13(4-6-14)10-15-11-22-19(29-15)16-2-1-8-25(16)18(27)12-24-9-7-17(26)23-20(24)28/h3-7,9,11,16H,1-2,8,10,12H2,(H,23,26,28)/t16-/m1/s1. The van der Waals surface area contributed by atoms with E-state index in [1.807, 2.05) is 0 Å². The quantitative estimate of drug-likeness (QED) is 0.704. The number of carbonyl (C=O) groups excluding carboxylic acids is 1. The fourth-order valence-electron chi connectivity index (χ4n) is 3.49. The van der Waals surface area contributed by atoms with Crippen LogP contribution in [0.5, 0.6) is 0 Å². The van der Waals surface area contributed by atoms with Crippen LogP contribution in [-0.4, -0.2) is 31.9 Å². The van der Waals surface area contributed by atoms with Gasteiger partial charge in [0.15, 0.2) is 0 Å². The van der Waals surface area contributed by atoms with Crippen molar-refractivity contribution in [2.45, 2.75) is 31.8 Å². The van der Waals surface area contributed by atoms with Crippen LogP contribution in [0.3, 0.4) is 0 Å². The Kier molecular flexibility index (Phi) is 5.11. The van der Waals surface area contributed by atoms with Crippen LogP contribution in [-0.2, 0) is 17.8 Å². The molecule has 1 atom stereocenters. The molecule has 1 aliphatic heterocycles. The summed E-state index contributed by atoms with van der Waals surface area (Å²) >= 11 is 0. The maximum absolute atomic E-state index is 13.0. The first-order valence-electron chi connectivity index (χ1n) is 9.28. The summed E-state index contributed by atoms with van der Waals surface area (Å²) in [5.74, 6) is 0.526. The molecule has 1 aromatic carbocycles. The lowest BCUT2D eigenvalue weighted by Crippen LogP contribution is -2.38. The van der Waals surface area contributed by atoms with Crippen molar-refractivity contribution in [1.82, 2.24) is 19.4 Å². The van der Waals surface area contributed by atoms with Crippen LogP contribution in [0.4, 0.5) is 4.39 Å². The van der Waals surface area contributed by atoms with Gasteiger partial charge in [0.25, 0.3) is 5.56 Å². The van der Waals surface area contributed by atoms with Gasteiger partial charge in [-0.15, -0.1) is 0 Å². The molecule has 3 heterocycles. The number of halogens is 1. The number of oxazole rings is 1. The predicted molar refractivity (Wildman–Crippen MR) is 101 cm³/mol. The average molecular weight is 398 g/mol. The number of hydrogen-bond donors (Lipinski definition) is 1. The summed E-state index contributed by atoms with van der Waals surface area (Å²) in [4.78, 5) is 43.8. The van der Waals surface area contributed by atoms with E-state index in [4.69, 9.17) is 4.42 Å². The van der Waals surface area contributed by atoms with Gasteiger partial charge < -0.3 is 9.32 Å². The number of hydrogen-bond acceptors (Lipinski definition) is 5. The lowest BCUT2D eigenvalue weighted by molar-refractivity contribution is -0.133. The lowest BCUT2D eigenvalue weighted by Gasteiger charge is -2.22. The Morgan fingerprint density at radius 3 is 2.79 bits per heavy atom. The largest absolute Gasteiger partial charge is 0.443 e. The Bertz CT molecular complexity index is 1130. The third kappa shape index (κ3) is 4.18.